The molecule has 1 aromatic heterocycles. The van der Waals surface area contributed by atoms with E-state index in [0.717, 1.165) is 0 Å². The average molecular weight is 344 g/mol. The van der Waals surface area contributed by atoms with Crippen molar-refractivity contribution in [1.29, 1.82) is 0 Å². The van der Waals surface area contributed by atoms with Crippen LogP contribution in [0, 0.1) is 10.1 Å². The molecule has 0 aliphatic rings. The molecule has 0 aliphatic heterocycles. The molecule has 1 aromatic carbocycles. The summed E-state index contributed by atoms with van der Waals surface area (Å²) in [6.07, 6.45) is 1.24. The molecule has 0 N–H and O–H groups in total. The fourth-order valence-electron chi connectivity index (χ4n) is 2.15. The first kappa shape index (κ1) is 18.1. The fraction of sp³-hybridized carbons (Fsp3) is 0.235. The third-order valence-corrected chi connectivity index (χ3v) is 3.27. The van der Waals surface area contributed by atoms with Gasteiger partial charge in [-0.3, -0.25) is 10.1 Å². The Kier molecular flexibility index (Phi) is 5.78. The lowest BCUT2D eigenvalue weighted by atomic mass is 10.00. The van der Waals surface area contributed by atoms with E-state index in [1.54, 1.807) is 13.8 Å². The van der Waals surface area contributed by atoms with Crippen molar-refractivity contribution in [2.45, 2.75) is 13.8 Å². The van der Waals surface area contributed by atoms with Gasteiger partial charge in [0.2, 0.25) is 0 Å². The summed E-state index contributed by atoms with van der Waals surface area (Å²) in [6.45, 7) is 3.71. The number of carbonyl (C=O) groups is 2. The maximum absolute atomic E-state index is 12.1. The van der Waals surface area contributed by atoms with Crippen LogP contribution in [0.3, 0.4) is 0 Å². The normalized spacial score (nSPS) is 10.2. The molecule has 1 heterocycles. The van der Waals surface area contributed by atoms with Gasteiger partial charge in [0.25, 0.3) is 5.69 Å². The number of rotatable bonds is 6. The minimum absolute atomic E-state index is 0.0308. The number of aromatic nitrogens is 1. The summed E-state index contributed by atoms with van der Waals surface area (Å²) < 4.78 is 9.91. The maximum Gasteiger partial charge on any atom is 0.356 e. The van der Waals surface area contributed by atoms with Gasteiger partial charge in [0, 0.05) is 23.9 Å². The predicted octanol–water partition coefficient (Wildman–Crippen LogP) is 3.01. The van der Waals surface area contributed by atoms with Crippen molar-refractivity contribution >= 4 is 17.6 Å². The standard InChI is InChI=1S/C17H16N2O6/c1-3-24-16(20)14-10-18-15(17(21)25-4-2)9-13(14)11-5-7-12(8-6-11)19(22)23/h5-10H,3-4H2,1-2H3. The van der Waals surface area contributed by atoms with E-state index in [1.807, 2.05) is 0 Å². The molecule has 0 aliphatic carbocycles. The summed E-state index contributed by atoms with van der Waals surface area (Å²) in [5, 5.41) is 10.8. The second kappa shape index (κ2) is 8.00. The number of pyridine rings is 1. The van der Waals surface area contributed by atoms with Crippen LogP contribution < -0.4 is 0 Å². The first-order valence-corrected chi connectivity index (χ1v) is 7.57. The van der Waals surface area contributed by atoms with Crippen LogP contribution in [0.2, 0.25) is 0 Å². The van der Waals surface area contributed by atoms with Gasteiger partial charge in [-0.2, -0.15) is 0 Å². The average Bonchev–Trinajstić information content (AvgIpc) is 2.61. The first-order chi connectivity index (χ1) is 12.0. The van der Waals surface area contributed by atoms with E-state index < -0.39 is 16.9 Å². The van der Waals surface area contributed by atoms with E-state index >= 15 is 0 Å². The Bertz CT molecular complexity index is 801. The Labute approximate surface area is 143 Å². The van der Waals surface area contributed by atoms with Gasteiger partial charge in [0.05, 0.1) is 23.7 Å². The summed E-state index contributed by atoms with van der Waals surface area (Å²) in [6, 6.07) is 7.02. The van der Waals surface area contributed by atoms with Gasteiger partial charge in [-0.05, 0) is 37.6 Å². The summed E-state index contributed by atoms with van der Waals surface area (Å²) in [4.78, 5) is 38.2. The molecule has 2 rings (SSSR count). The number of hydrogen-bond acceptors (Lipinski definition) is 7. The highest BCUT2D eigenvalue weighted by Gasteiger charge is 2.19. The number of esters is 2. The number of hydrogen-bond donors (Lipinski definition) is 0. The number of non-ortho nitro benzene ring substituents is 1. The number of nitro benzene ring substituents is 1. The Morgan fingerprint density at radius 2 is 1.68 bits per heavy atom. The fourth-order valence-corrected chi connectivity index (χ4v) is 2.15. The lowest BCUT2D eigenvalue weighted by Gasteiger charge is -2.10. The largest absolute Gasteiger partial charge is 0.462 e. The number of nitro groups is 1. The molecular weight excluding hydrogens is 328 g/mol. The van der Waals surface area contributed by atoms with Crippen LogP contribution in [0.5, 0.6) is 0 Å². The van der Waals surface area contributed by atoms with Crippen LogP contribution in [0.1, 0.15) is 34.7 Å². The van der Waals surface area contributed by atoms with Crippen LogP contribution in [-0.4, -0.2) is 35.1 Å². The number of nitrogens with zero attached hydrogens (tertiary/aromatic N) is 2. The van der Waals surface area contributed by atoms with E-state index in [9.17, 15) is 19.7 Å². The van der Waals surface area contributed by atoms with Crippen molar-refractivity contribution in [3.05, 3.63) is 57.9 Å². The van der Waals surface area contributed by atoms with Crippen molar-refractivity contribution in [1.82, 2.24) is 4.98 Å². The van der Waals surface area contributed by atoms with Crippen molar-refractivity contribution in [3.63, 3.8) is 0 Å². The van der Waals surface area contributed by atoms with Crippen LogP contribution >= 0.6 is 0 Å². The molecule has 0 spiro atoms. The van der Waals surface area contributed by atoms with Gasteiger partial charge in [-0.15, -0.1) is 0 Å². The first-order valence-electron chi connectivity index (χ1n) is 7.57. The second-order valence-electron chi connectivity index (χ2n) is 4.86. The molecule has 0 bridgehead atoms. The Hall–Kier alpha value is -3.29. The molecule has 8 heteroatoms. The maximum atomic E-state index is 12.1. The molecule has 25 heavy (non-hydrogen) atoms. The second-order valence-corrected chi connectivity index (χ2v) is 4.86. The molecule has 0 amide bonds. The molecule has 0 saturated heterocycles. The monoisotopic (exact) mass is 344 g/mol. The van der Waals surface area contributed by atoms with Crippen molar-refractivity contribution in [3.8, 4) is 11.1 Å². The summed E-state index contributed by atoms with van der Waals surface area (Å²) in [5.41, 5.74) is 1.00. The van der Waals surface area contributed by atoms with Gasteiger partial charge in [-0.1, -0.05) is 0 Å². The van der Waals surface area contributed by atoms with Crippen LogP contribution in [0.4, 0.5) is 5.69 Å². The van der Waals surface area contributed by atoms with E-state index in [0.29, 0.717) is 11.1 Å². The molecule has 0 radical (unpaired) electrons. The summed E-state index contributed by atoms with van der Waals surface area (Å²) >= 11 is 0. The minimum atomic E-state index is -0.624. The van der Waals surface area contributed by atoms with Crippen molar-refractivity contribution in [2.24, 2.45) is 0 Å². The zero-order chi connectivity index (χ0) is 18.4. The van der Waals surface area contributed by atoms with E-state index in [4.69, 9.17) is 9.47 Å². The topological polar surface area (TPSA) is 109 Å². The van der Waals surface area contributed by atoms with Crippen LogP contribution in [0.15, 0.2) is 36.5 Å². The van der Waals surface area contributed by atoms with Gasteiger partial charge in [0.1, 0.15) is 5.69 Å². The molecule has 0 fully saturated rings. The lowest BCUT2D eigenvalue weighted by Crippen LogP contribution is -2.11. The van der Waals surface area contributed by atoms with E-state index in [2.05, 4.69) is 4.98 Å². The summed E-state index contributed by atoms with van der Waals surface area (Å²) in [7, 11) is 0. The molecule has 2 aromatic rings. The zero-order valence-electron chi connectivity index (χ0n) is 13.7. The lowest BCUT2D eigenvalue weighted by molar-refractivity contribution is -0.384. The van der Waals surface area contributed by atoms with Crippen molar-refractivity contribution in [2.75, 3.05) is 13.2 Å². The molecule has 0 unspecified atom stereocenters. The third-order valence-electron chi connectivity index (χ3n) is 3.27. The minimum Gasteiger partial charge on any atom is -0.462 e. The van der Waals surface area contributed by atoms with Crippen LogP contribution in [-0.2, 0) is 9.47 Å². The number of carbonyl (C=O) groups excluding carboxylic acids is 2. The molecule has 0 atom stereocenters. The Morgan fingerprint density at radius 3 is 2.24 bits per heavy atom. The van der Waals surface area contributed by atoms with E-state index in [-0.39, 0.29) is 30.2 Å². The Morgan fingerprint density at radius 1 is 1.08 bits per heavy atom. The van der Waals surface area contributed by atoms with Crippen LogP contribution in [0.25, 0.3) is 11.1 Å². The highest BCUT2D eigenvalue weighted by molar-refractivity contribution is 5.99. The number of ether oxygens (including phenoxy) is 2. The number of benzene rings is 1. The van der Waals surface area contributed by atoms with Gasteiger partial charge in [0.15, 0.2) is 0 Å². The Balaban J connectivity index is 2.53. The quantitative estimate of drug-likeness (QED) is 0.450. The SMILES string of the molecule is CCOC(=O)c1cc(-c2ccc([N+](=O)[O-])cc2)c(C(=O)OCC)cn1. The smallest absolute Gasteiger partial charge is 0.356 e. The molecule has 130 valence electrons. The summed E-state index contributed by atoms with van der Waals surface area (Å²) in [5.74, 6) is -1.22. The predicted molar refractivity (Wildman–Crippen MR) is 88.2 cm³/mol. The molecule has 0 saturated carbocycles. The third kappa shape index (κ3) is 4.17. The highest BCUT2D eigenvalue weighted by Crippen LogP contribution is 2.27. The van der Waals surface area contributed by atoms with E-state index in [1.165, 1.54) is 36.5 Å². The van der Waals surface area contributed by atoms with Gasteiger partial charge >= 0.3 is 11.9 Å². The highest BCUT2D eigenvalue weighted by atomic mass is 16.6. The molecule has 8 nitrogen and oxygen atoms in total. The van der Waals surface area contributed by atoms with Crippen molar-refractivity contribution < 1.29 is 24.0 Å². The zero-order valence-corrected chi connectivity index (χ0v) is 13.7. The van der Waals surface area contributed by atoms with Gasteiger partial charge in [-0.25, -0.2) is 14.6 Å². The molecular formula is C17H16N2O6. The van der Waals surface area contributed by atoms with Gasteiger partial charge < -0.3 is 9.47 Å².